The van der Waals surface area contributed by atoms with Crippen molar-refractivity contribution >= 4 is 24.0 Å². The molecule has 1 aromatic carbocycles. The second-order valence-corrected chi connectivity index (χ2v) is 4.47. The summed E-state index contributed by atoms with van der Waals surface area (Å²) >= 11 is 0. The molecule has 0 aromatic heterocycles. The lowest BCUT2D eigenvalue weighted by atomic mass is 9.99. The van der Waals surface area contributed by atoms with Gasteiger partial charge in [0.2, 0.25) is 12.7 Å². The number of rotatable bonds is 4. The molecule has 6 heteroatoms. The number of anilines is 1. The number of ether oxygens (including phenoxy) is 2. The number of carbonyl (C=O) groups is 1. The van der Waals surface area contributed by atoms with Crippen LogP contribution < -0.4 is 20.5 Å². The average molecular weight is 287 g/mol. The standard InChI is InChI=1S/C13H18N2O3.ClH/c1-3-8(2)12(14)13(16)15-9-4-5-10-11(6-9)18-7-17-10;/h4-6,8,12H,3,7,14H2,1-2H3,(H,15,16);1H. The number of benzene rings is 1. The largest absolute Gasteiger partial charge is 0.454 e. The molecular weight excluding hydrogens is 268 g/mol. The van der Waals surface area contributed by atoms with Gasteiger partial charge in [-0.2, -0.15) is 0 Å². The van der Waals surface area contributed by atoms with Gasteiger partial charge >= 0.3 is 0 Å². The van der Waals surface area contributed by atoms with Gasteiger partial charge < -0.3 is 20.5 Å². The molecule has 5 nitrogen and oxygen atoms in total. The lowest BCUT2D eigenvalue weighted by molar-refractivity contribution is -0.118. The van der Waals surface area contributed by atoms with E-state index in [0.717, 1.165) is 6.42 Å². The summed E-state index contributed by atoms with van der Waals surface area (Å²) in [7, 11) is 0. The third-order valence-corrected chi connectivity index (χ3v) is 3.20. The van der Waals surface area contributed by atoms with E-state index < -0.39 is 6.04 Å². The monoisotopic (exact) mass is 286 g/mol. The molecule has 0 aliphatic carbocycles. The molecule has 0 bridgehead atoms. The topological polar surface area (TPSA) is 73.6 Å². The Morgan fingerprint density at radius 2 is 2.11 bits per heavy atom. The Labute approximate surface area is 118 Å². The van der Waals surface area contributed by atoms with Gasteiger partial charge in [-0.15, -0.1) is 12.4 Å². The maximum absolute atomic E-state index is 11.9. The van der Waals surface area contributed by atoms with E-state index in [-0.39, 0.29) is 31.0 Å². The molecule has 2 atom stereocenters. The Hall–Kier alpha value is -1.46. The van der Waals surface area contributed by atoms with E-state index >= 15 is 0 Å². The van der Waals surface area contributed by atoms with E-state index in [1.807, 2.05) is 13.8 Å². The van der Waals surface area contributed by atoms with Crippen LogP contribution in [0.5, 0.6) is 11.5 Å². The van der Waals surface area contributed by atoms with Gasteiger partial charge in [-0.3, -0.25) is 4.79 Å². The molecule has 19 heavy (non-hydrogen) atoms. The molecule has 0 fully saturated rings. The molecule has 0 radical (unpaired) electrons. The molecule has 0 saturated heterocycles. The number of amides is 1. The highest BCUT2D eigenvalue weighted by atomic mass is 35.5. The SMILES string of the molecule is CCC(C)C(N)C(=O)Nc1ccc2c(c1)OCO2.Cl. The predicted octanol–water partition coefficient (Wildman–Crippen LogP) is 2.15. The second-order valence-electron chi connectivity index (χ2n) is 4.47. The predicted molar refractivity (Wildman–Crippen MR) is 75.9 cm³/mol. The molecular formula is C13H19ClN2O3. The van der Waals surface area contributed by atoms with Gasteiger partial charge in [0.05, 0.1) is 6.04 Å². The van der Waals surface area contributed by atoms with Gasteiger partial charge in [0.15, 0.2) is 11.5 Å². The number of hydrogen-bond acceptors (Lipinski definition) is 4. The first-order chi connectivity index (χ1) is 8.61. The molecule has 1 aromatic rings. The van der Waals surface area contributed by atoms with Crippen molar-refractivity contribution in [3.05, 3.63) is 18.2 Å². The van der Waals surface area contributed by atoms with E-state index in [0.29, 0.717) is 17.2 Å². The van der Waals surface area contributed by atoms with Crippen LogP contribution in [0.2, 0.25) is 0 Å². The molecule has 2 unspecified atom stereocenters. The normalized spacial score (nSPS) is 15.3. The fourth-order valence-corrected chi connectivity index (χ4v) is 1.71. The lowest BCUT2D eigenvalue weighted by Gasteiger charge is -2.17. The van der Waals surface area contributed by atoms with Crippen molar-refractivity contribution in [2.24, 2.45) is 11.7 Å². The van der Waals surface area contributed by atoms with Crippen molar-refractivity contribution in [3.63, 3.8) is 0 Å². The van der Waals surface area contributed by atoms with Crippen molar-refractivity contribution in [1.29, 1.82) is 0 Å². The van der Waals surface area contributed by atoms with Gasteiger partial charge in [-0.25, -0.2) is 0 Å². The summed E-state index contributed by atoms with van der Waals surface area (Å²) in [5.41, 5.74) is 6.53. The second kappa shape index (κ2) is 6.63. The molecule has 0 spiro atoms. The fraction of sp³-hybridized carbons (Fsp3) is 0.462. The van der Waals surface area contributed by atoms with Crippen LogP contribution >= 0.6 is 12.4 Å². The lowest BCUT2D eigenvalue weighted by Crippen LogP contribution is -2.40. The molecule has 3 N–H and O–H groups in total. The number of hydrogen-bond donors (Lipinski definition) is 2. The first kappa shape index (κ1) is 15.6. The highest BCUT2D eigenvalue weighted by molar-refractivity contribution is 5.95. The first-order valence-electron chi connectivity index (χ1n) is 6.08. The maximum atomic E-state index is 11.9. The third kappa shape index (κ3) is 3.52. The third-order valence-electron chi connectivity index (χ3n) is 3.20. The average Bonchev–Trinajstić information content (AvgIpc) is 2.84. The number of halogens is 1. The summed E-state index contributed by atoms with van der Waals surface area (Å²) in [6.07, 6.45) is 0.871. The molecule has 1 aliphatic heterocycles. The van der Waals surface area contributed by atoms with Crippen LogP contribution in [0.3, 0.4) is 0 Å². The Morgan fingerprint density at radius 1 is 1.42 bits per heavy atom. The maximum Gasteiger partial charge on any atom is 0.241 e. The molecule has 106 valence electrons. The van der Waals surface area contributed by atoms with Crippen LogP contribution in [-0.4, -0.2) is 18.7 Å². The van der Waals surface area contributed by atoms with Crippen LogP contribution in [0.1, 0.15) is 20.3 Å². The molecule has 0 saturated carbocycles. The minimum Gasteiger partial charge on any atom is -0.454 e. The zero-order chi connectivity index (χ0) is 13.1. The van der Waals surface area contributed by atoms with Crippen LogP contribution in [-0.2, 0) is 4.79 Å². The summed E-state index contributed by atoms with van der Waals surface area (Å²) in [4.78, 5) is 11.9. The van der Waals surface area contributed by atoms with E-state index in [4.69, 9.17) is 15.2 Å². The van der Waals surface area contributed by atoms with Crippen LogP contribution in [0.15, 0.2) is 18.2 Å². The smallest absolute Gasteiger partial charge is 0.241 e. The van der Waals surface area contributed by atoms with Gasteiger partial charge in [-0.1, -0.05) is 20.3 Å². The molecule has 1 aliphatic rings. The van der Waals surface area contributed by atoms with Crippen LogP contribution in [0.4, 0.5) is 5.69 Å². The number of carbonyl (C=O) groups excluding carboxylic acids is 1. The van der Waals surface area contributed by atoms with Crippen molar-refractivity contribution < 1.29 is 14.3 Å². The minimum atomic E-state index is -0.500. The van der Waals surface area contributed by atoms with Crippen molar-refractivity contribution in [1.82, 2.24) is 0 Å². The summed E-state index contributed by atoms with van der Waals surface area (Å²) in [6, 6.07) is 4.78. The van der Waals surface area contributed by atoms with E-state index in [2.05, 4.69) is 5.32 Å². The Kier molecular flexibility index (Phi) is 5.44. The summed E-state index contributed by atoms with van der Waals surface area (Å²) in [5.74, 6) is 1.31. The number of nitrogens with one attached hydrogen (secondary N) is 1. The highest BCUT2D eigenvalue weighted by Crippen LogP contribution is 2.34. The van der Waals surface area contributed by atoms with Crippen LogP contribution in [0, 0.1) is 5.92 Å². The molecule has 1 amide bonds. The van der Waals surface area contributed by atoms with E-state index in [1.54, 1.807) is 18.2 Å². The first-order valence-corrected chi connectivity index (χ1v) is 6.08. The highest BCUT2D eigenvalue weighted by Gasteiger charge is 2.20. The van der Waals surface area contributed by atoms with Crippen molar-refractivity contribution in [2.75, 3.05) is 12.1 Å². The Balaban J connectivity index is 0.00000180. The number of nitrogens with two attached hydrogens (primary N) is 1. The number of fused-ring (bicyclic) bond motifs is 1. The van der Waals surface area contributed by atoms with Gasteiger partial charge in [0, 0.05) is 11.8 Å². The van der Waals surface area contributed by atoms with Gasteiger partial charge in [-0.05, 0) is 18.1 Å². The summed E-state index contributed by atoms with van der Waals surface area (Å²) in [6.45, 7) is 4.20. The van der Waals surface area contributed by atoms with Crippen LogP contribution in [0.25, 0.3) is 0 Å². The molecule has 1 heterocycles. The van der Waals surface area contributed by atoms with Gasteiger partial charge in [0.25, 0.3) is 0 Å². The Morgan fingerprint density at radius 3 is 2.79 bits per heavy atom. The Bertz CT molecular complexity index is 454. The quantitative estimate of drug-likeness (QED) is 0.889. The van der Waals surface area contributed by atoms with E-state index in [9.17, 15) is 4.79 Å². The van der Waals surface area contributed by atoms with Crippen molar-refractivity contribution in [2.45, 2.75) is 26.3 Å². The minimum absolute atomic E-state index is 0. The zero-order valence-electron chi connectivity index (χ0n) is 11.0. The van der Waals surface area contributed by atoms with Crippen molar-refractivity contribution in [3.8, 4) is 11.5 Å². The zero-order valence-corrected chi connectivity index (χ0v) is 11.8. The summed E-state index contributed by atoms with van der Waals surface area (Å²) < 4.78 is 10.4. The molecule has 2 rings (SSSR count). The van der Waals surface area contributed by atoms with Gasteiger partial charge in [0.1, 0.15) is 0 Å². The fourth-order valence-electron chi connectivity index (χ4n) is 1.71. The summed E-state index contributed by atoms with van der Waals surface area (Å²) in [5, 5.41) is 2.79. The van der Waals surface area contributed by atoms with E-state index in [1.165, 1.54) is 0 Å².